The van der Waals surface area contributed by atoms with Crippen LogP contribution in [0.15, 0.2) is 206 Å². The van der Waals surface area contributed by atoms with Crippen LogP contribution in [0.2, 0.25) is 0 Å². The molecule has 7 rings (SSSR count). The van der Waals surface area contributed by atoms with Gasteiger partial charge in [0.1, 0.15) is 16.5 Å². The monoisotopic (exact) mass is 1020 g/mol. The maximum atomic E-state index is 14.4. The maximum Gasteiger partial charge on any atom is 0.310 e. The van der Waals surface area contributed by atoms with Gasteiger partial charge in [-0.1, -0.05) is 54.6 Å². The zero-order valence-electron chi connectivity index (χ0n) is 36.1. The third-order valence-electron chi connectivity index (χ3n) is 9.85. The number of halogens is 3. The van der Waals surface area contributed by atoms with Crippen molar-refractivity contribution >= 4 is 50.8 Å². The van der Waals surface area contributed by atoms with Crippen LogP contribution in [0.5, 0.6) is 0 Å². The molecule has 0 aliphatic rings. The summed E-state index contributed by atoms with van der Waals surface area (Å²) in [5.41, 5.74) is 3.49. The summed E-state index contributed by atoms with van der Waals surface area (Å²) in [5.74, 6) is -2.08. The number of rotatable bonds is 11. The topological polar surface area (TPSA) is 86.7 Å². The second kappa shape index (κ2) is 19.6. The van der Waals surface area contributed by atoms with Crippen molar-refractivity contribution in [3.8, 4) is 0 Å². The summed E-state index contributed by atoms with van der Waals surface area (Å²) in [4.78, 5) is 1.35. The molecule has 0 spiro atoms. The summed E-state index contributed by atoms with van der Waals surface area (Å²) >= 11 is -2.72. The smallest absolute Gasteiger partial charge is 0.207 e. The van der Waals surface area contributed by atoms with E-state index in [-0.39, 0.29) is 15.7 Å². The molecule has 6 nitrogen and oxygen atoms in total. The fourth-order valence-corrected chi connectivity index (χ4v) is 18.5. The molecular weight excluding hydrogens is 970 g/mol. The van der Waals surface area contributed by atoms with Gasteiger partial charge in [0.25, 0.3) is 0 Å². The van der Waals surface area contributed by atoms with Crippen LogP contribution in [0.1, 0.15) is 58.2 Å². The maximum absolute atomic E-state index is 14.4. The Kier molecular flexibility index (Phi) is 14.9. The fourth-order valence-electron chi connectivity index (χ4n) is 6.36. The third-order valence-corrected chi connectivity index (χ3v) is 22.4. The van der Waals surface area contributed by atoms with Gasteiger partial charge in [0.2, 0.25) is 0 Å². The molecule has 12 heteroatoms. The van der Waals surface area contributed by atoms with Crippen LogP contribution in [0, 0.1) is 25.7 Å². The zero-order valence-corrected chi connectivity index (χ0v) is 40.7. The van der Waals surface area contributed by atoms with E-state index in [2.05, 4.69) is 65.8 Å². The van der Waals surface area contributed by atoms with Crippen LogP contribution in [-0.4, -0.2) is 16.8 Å². The van der Waals surface area contributed by atoms with E-state index in [0.29, 0.717) is 20.8 Å². The molecule has 0 aliphatic carbocycles. The standard InChI is InChI=1S/C27H33IO3S.C24H18F2O3S2/c1-20-8-18-25(19-9-20)32(29,30)31-28(23-14-10-21(11-15-23)26(2,3)4)24-16-12-22(13-17-24)27(5,6)7;25-19-16-17-24(23(26)18-19)31(27,28)29-30(20-10-4-1-5-11-20,21-12-6-2-7-13-21)22-14-8-3-9-15-22/h8-19H,1-7H3;1-18H. The Balaban J connectivity index is 0.000000210. The van der Waals surface area contributed by atoms with Gasteiger partial charge >= 0.3 is 212 Å². The molecule has 330 valence electrons. The third kappa shape index (κ3) is 11.5. The molecule has 7 aromatic carbocycles. The van der Waals surface area contributed by atoms with Crippen molar-refractivity contribution in [2.45, 2.75) is 83.8 Å². The van der Waals surface area contributed by atoms with Crippen molar-refractivity contribution in [3.63, 3.8) is 0 Å². The number of hydrogen-bond acceptors (Lipinski definition) is 6. The summed E-state index contributed by atoms with van der Waals surface area (Å²) in [6.45, 7) is 14.9. The van der Waals surface area contributed by atoms with Gasteiger partial charge in [0, 0.05) is 20.8 Å². The molecular formula is C51H51F2IO6S3. The number of benzene rings is 7. The van der Waals surface area contributed by atoms with Crippen LogP contribution in [0.3, 0.4) is 0 Å². The van der Waals surface area contributed by atoms with E-state index in [1.54, 1.807) is 97.1 Å². The summed E-state index contributed by atoms with van der Waals surface area (Å²) in [6, 6.07) is 52.5. The van der Waals surface area contributed by atoms with Gasteiger partial charge in [-0.15, -0.1) is 0 Å². The van der Waals surface area contributed by atoms with E-state index < -0.39 is 67.3 Å². The molecule has 63 heavy (non-hydrogen) atoms. The molecule has 0 unspecified atom stereocenters. The Bertz CT molecular complexity index is 2680. The normalized spacial score (nSPS) is 12.8. The molecule has 0 N–H and O–H groups in total. The van der Waals surface area contributed by atoms with Gasteiger partial charge < -0.3 is 0 Å². The van der Waals surface area contributed by atoms with E-state index >= 15 is 0 Å². The molecule has 0 saturated heterocycles. The molecule has 0 aromatic heterocycles. The Hall–Kier alpha value is -4.70. The van der Waals surface area contributed by atoms with Crippen LogP contribution in [0.25, 0.3) is 0 Å². The predicted molar refractivity (Wildman–Crippen MR) is 257 cm³/mol. The predicted octanol–water partition coefficient (Wildman–Crippen LogP) is 14.0. The minimum atomic E-state index is -4.61. The SMILES string of the molecule is Cc1ccc(S(=O)(=O)OI(c2ccc(C(C)(C)C)cc2)c2ccc(C(C)(C)C)cc2)cc1.O=S(=O)(OS(c1ccccc1)(c1ccccc1)c1ccccc1)c1ccc(F)cc1F. The first-order valence-electron chi connectivity index (χ1n) is 20.0. The molecule has 0 amide bonds. The fraction of sp³-hybridized carbons (Fsp3) is 0.176. The van der Waals surface area contributed by atoms with Crippen molar-refractivity contribution < 1.29 is 31.8 Å². The average Bonchev–Trinajstić information content (AvgIpc) is 3.25. The quantitative estimate of drug-likeness (QED) is 0.120. The van der Waals surface area contributed by atoms with Gasteiger partial charge in [-0.25, -0.2) is 12.4 Å². The van der Waals surface area contributed by atoms with Crippen molar-refractivity contribution in [2.24, 2.45) is 0 Å². The van der Waals surface area contributed by atoms with Crippen molar-refractivity contribution in [3.05, 3.63) is 217 Å². The summed E-state index contributed by atoms with van der Waals surface area (Å²) in [7, 11) is -11.3. The summed E-state index contributed by atoms with van der Waals surface area (Å²) in [5, 5.41) is 0. The molecule has 0 radical (unpaired) electrons. The first-order chi connectivity index (χ1) is 29.7. The van der Waals surface area contributed by atoms with E-state index in [4.69, 9.17) is 6.14 Å². The summed E-state index contributed by atoms with van der Waals surface area (Å²) < 4.78 is 94.8. The van der Waals surface area contributed by atoms with Gasteiger partial charge in [-0.05, 0) is 58.8 Å². The van der Waals surface area contributed by atoms with Gasteiger partial charge in [-0.2, -0.15) is 8.42 Å². The molecule has 0 saturated carbocycles. The molecule has 0 bridgehead atoms. The van der Waals surface area contributed by atoms with Crippen LogP contribution in [0.4, 0.5) is 8.78 Å². The van der Waals surface area contributed by atoms with E-state index in [0.717, 1.165) is 24.8 Å². The largest absolute Gasteiger partial charge is 0.310 e. The van der Waals surface area contributed by atoms with E-state index in [1.807, 2.05) is 49.4 Å². The average molecular weight is 1020 g/mol. The number of hydrogen-bond donors (Lipinski definition) is 0. The van der Waals surface area contributed by atoms with E-state index in [1.165, 1.54) is 11.1 Å². The zero-order chi connectivity index (χ0) is 45.6. The Morgan fingerprint density at radius 1 is 0.460 bits per heavy atom. The molecule has 7 aromatic rings. The molecule has 0 atom stereocenters. The van der Waals surface area contributed by atoms with Crippen LogP contribution < -0.4 is 0 Å². The summed E-state index contributed by atoms with van der Waals surface area (Å²) in [6.07, 6.45) is 0. The van der Waals surface area contributed by atoms with Gasteiger partial charge in [0.05, 0.1) is 0 Å². The van der Waals surface area contributed by atoms with Gasteiger partial charge in [0.15, 0.2) is 0 Å². The second-order valence-corrected chi connectivity index (χ2v) is 27.6. The Morgan fingerprint density at radius 3 is 1.22 bits per heavy atom. The van der Waals surface area contributed by atoms with Crippen molar-refractivity contribution in [1.29, 1.82) is 0 Å². The van der Waals surface area contributed by atoms with Crippen molar-refractivity contribution in [2.75, 3.05) is 0 Å². The van der Waals surface area contributed by atoms with Gasteiger partial charge in [-0.3, -0.25) is 0 Å². The number of aryl methyl sites for hydroxylation is 1. The molecule has 0 heterocycles. The Labute approximate surface area is 381 Å². The van der Waals surface area contributed by atoms with Crippen LogP contribution >= 0.6 is 30.5 Å². The molecule has 0 fully saturated rings. The first kappa shape index (κ1) is 47.8. The second-order valence-electron chi connectivity index (χ2n) is 16.7. The minimum absolute atomic E-state index is 0.0285. The van der Waals surface area contributed by atoms with Crippen molar-refractivity contribution in [1.82, 2.24) is 0 Å². The van der Waals surface area contributed by atoms with Crippen LogP contribution in [-0.2, 0) is 37.2 Å². The molecule has 0 aliphatic heterocycles. The Morgan fingerprint density at radius 2 is 0.857 bits per heavy atom. The minimum Gasteiger partial charge on any atom is -0.207 e. The first-order valence-corrected chi connectivity index (χ1v) is 27.4. The van der Waals surface area contributed by atoms with E-state index in [9.17, 15) is 25.6 Å².